The first kappa shape index (κ1) is 23.3. The molecule has 0 radical (unpaired) electrons. The Morgan fingerprint density at radius 2 is 1.82 bits per heavy atom. The molecule has 0 saturated heterocycles. The van der Waals surface area contributed by atoms with Gasteiger partial charge in [-0.15, -0.1) is 10.2 Å². The van der Waals surface area contributed by atoms with Crippen molar-refractivity contribution in [3.63, 3.8) is 0 Å². The van der Waals surface area contributed by atoms with Gasteiger partial charge < -0.3 is 25.7 Å². The number of rotatable bonds is 8. The van der Waals surface area contributed by atoms with Crippen LogP contribution in [0.25, 0.3) is 11.4 Å². The molecule has 1 fully saturated rings. The highest BCUT2D eigenvalue weighted by Gasteiger charge is 2.30. The fourth-order valence-electron chi connectivity index (χ4n) is 3.22. The first-order valence-electron chi connectivity index (χ1n) is 10.5. The molecule has 0 atom stereocenters. The zero-order valence-electron chi connectivity index (χ0n) is 18.9. The monoisotopic (exact) mass is 481 g/mol. The van der Waals surface area contributed by atoms with Crippen LogP contribution in [0.15, 0.2) is 36.7 Å². The van der Waals surface area contributed by atoms with Gasteiger partial charge in [-0.3, -0.25) is 9.59 Å². The van der Waals surface area contributed by atoms with E-state index in [-0.39, 0.29) is 29.0 Å². The molecule has 176 valence electrons. The highest BCUT2D eigenvalue weighted by Crippen LogP contribution is 2.38. The molecule has 3 aromatic rings. The molecule has 0 unspecified atom stereocenters. The van der Waals surface area contributed by atoms with Crippen LogP contribution in [0.4, 0.5) is 17.2 Å². The van der Waals surface area contributed by atoms with Crippen LogP contribution in [0.5, 0.6) is 5.75 Å². The molecule has 1 aliphatic carbocycles. The van der Waals surface area contributed by atoms with Crippen LogP contribution >= 0.6 is 7.14 Å². The summed E-state index contributed by atoms with van der Waals surface area (Å²) in [6, 6.07) is 6.76. The minimum atomic E-state index is -2.49. The number of carbonyl (C=O) groups is 2. The van der Waals surface area contributed by atoms with Crippen molar-refractivity contribution in [3.05, 3.63) is 42.4 Å². The largest absolute Gasteiger partial charge is 0.494 e. The molecule has 34 heavy (non-hydrogen) atoms. The van der Waals surface area contributed by atoms with Crippen molar-refractivity contribution in [2.45, 2.75) is 12.8 Å². The van der Waals surface area contributed by atoms with Gasteiger partial charge in [-0.25, -0.2) is 9.97 Å². The zero-order valence-corrected chi connectivity index (χ0v) is 19.8. The first-order valence-corrected chi connectivity index (χ1v) is 13.1. The summed E-state index contributed by atoms with van der Waals surface area (Å²) >= 11 is 0. The van der Waals surface area contributed by atoms with E-state index in [4.69, 9.17) is 10.5 Å². The topological polar surface area (TPSA) is 162 Å². The lowest BCUT2D eigenvalue weighted by atomic mass is 10.1. The van der Waals surface area contributed by atoms with E-state index in [2.05, 4.69) is 30.8 Å². The predicted octanol–water partition coefficient (Wildman–Crippen LogP) is 2.38. The van der Waals surface area contributed by atoms with Gasteiger partial charge >= 0.3 is 0 Å². The Morgan fingerprint density at radius 3 is 2.41 bits per heavy atom. The Kier molecular flexibility index (Phi) is 6.30. The summed E-state index contributed by atoms with van der Waals surface area (Å²) in [6.45, 7) is 3.30. The molecule has 12 heteroatoms. The second-order valence-corrected chi connectivity index (χ2v) is 11.5. The standard InChI is InChI=1S/C22H24N7O4P/c1-33-19-14(21-24-10-13(11-25-21)34(2,3)32)5-4-6-15(19)26-16-9-17(27-22(31)12-7-8-12)28-29-18(16)20(23)30/h4-6,9-12H,7-8H2,1-3H3,(H2,23,30)(H2,26,27,28,31). The van der Waals surface area contributed by atoms with Crippen LogP contribution in [0.3, 0.4) is 0 Å². The molecule has 0 bridgehead atoms. The van der Waals surface area contributed by atoms with Crippen molar-refractivity contribution in [1.29, 1.82) is 0 Å². The zero-order chi connectivity index (χ0) is 24.5. The number of ether oxygens (including phenoxy) is 1. The minimum absolute atomic E-state index is 0.0217. The SMILES string of the molecule is COc1c(Nc2cc(NC(=O)C3CC3)nnc2C(N)=O)cccc1-c1ncc(P(C)(C)=O)cn1. The second-order valence-electron chi connectivity index (χ2n) is 8.25. The van der Waals surface area contributed by atoms with Gasteiger partial charge in [0.15, 0.2) is 23.1 Å². The van der Waals surface area contributed by atoms with E-state index < -0.39 is 13.0 Å². The van der Waals surface area contributed by atoms with Crippen LogP contribution in [-0.2, 0) is 9.36 Å². The molecule has 4 N–H and O–H groups in total. The van der Waals surface area contributed by atoms with Crippen LogP contribution in [-0.4, -0.2) is 52.4 Å². The first-order chi connectivity index (χ1) is 16.2. The summed E-state index contributed by atoms with van der Waals surface area (Å²) in [5.41, 5.74) is 6.69. The number of aromatic nitrogens is 4. The molecule has 2 aromatic heterocycles. The summed E-state index contributed by atoms with van der Waals surface area (Å²) in [5.74, 6) is 0.0254. The number of nitrogens with one attached hydrogen (secondary N) is 2. The third-order valence-electron chi connectivity index (χ3n) is 5.22. The number of hydrogen-bond donors (Lipinski definition) is 3. The summed E-state index contributed by atoms with van der Waals surface area (Å²) in [7, 11) is -0.999. The Balaban J connectivity index is 1.69. The Hall–Kier alpha value is -3.85. The van der Waals surface area contributed by atoms with Gasteiger partial charge in [0.25, 0.3) is 5.91 Å². The van der Waals surface area contributed by atoms with Crippen LogP contribution in [0.2, 0.25) is 0 Å². The fraction of sp³-hybridized carbons (Fsp3) is 0.273. The van der Waals surface area contributed by atoms with E-state index in [0.29, 0.717) is 28.1 Å². The van der Waals surface area contributed by atoms with E-state index in [1.165, 1.54) is 25.6 Å². The highest BCUT2D eigenvalue weighted by atomic mass is 31.2. The minimum Gasteiger partial charge on any atom is -0.494 e. The van der Waals surface area contributed by atoms with Crippen molar-refractivity contribution < 1.29 is 18.9 Å². The van der Waals surface area contributed by atoms with E-state index in [1.807, 2.05) is 0 Å². The number of hydrogen-bond acceptors (Lipinski definition) is 9. The van der Waals surface area contributed by atoms with Gasteiger partial charge in [0.1, 0.15) is 7.14 Å². The summed E-state index contributed by atoms with van der Waals surface area (Å²) in [6.07, 6.45) is 4.75. The Bertz CT molecular complexity index is 1300. The molecule has 11 nitrogen and oxygen atoms in total. The number of amides is 2. The maximum atomic E-state index is 12.3. The number of methoxy groups -OCH3 is 1. The van der Waals surface area contributed by atoms with Crippen LogP contribution in [0, 0.1) is 5.92 Å². The van der Waals surface area contributed by atoms with Crippen molar-refractivity contribution >= 4 is 41.5 Å². The second kappa shape index (κ2) is 9.18. The Labute approximate surface area is 195 Å². The summed E-state index contributed by atoms with van der Waals surface area (Å²) in [5, 5.41) is 14.1. The maximum absolute atomic E-state index is 12.3. The molecule has 2 amide bonds. The molecular formula is C22H24N7O4P. The lowest BCUT2D eigenvalue weighted by molar-refractivity contribution is -0.117. The van der Waals surface area contributed by atoms with Gasteiger partial charge in [0, 0.05) is 29.7 Å². The molecule has 4 rings (SSSR count). The average Bonchev–Trinajstić information content (AvgIpc) is 3.64. The van der Waals surface area contributed by atoms with Gasteiger partial charge in [-0.05, 0) is 38.3 Å². The van der Waals surface area contributed by atoms with Gasteiger partial charge in [-0.1, -0.05) is 6.07 Å². The van der Waals surface area contributed by atoms with Crippen molar-refractivity contribution in [2.24, 2.45) is 11.7 Å². The fourth-order valence-corrected chi connectivity index (χ4v) is 3.89. The van der Waals surface area contributed by atoms with E-state index in [0.717, 1.165) is 12.8 Å². The predicted molar refractivity (Wildman–Crippen MR) is 128 cm³/mol. The molecule has 2 heterocycles. The molecule has 1 saturated carbocycles. The van der Waals surface area contributed by atoms with Gasteiger partial charge in [0.2, 0.25) is 5.91 Å². The number of anilines is 3. The number of nitrogens with zero attached hydrogens (tertiary/aromatic N) is 4. The number of para-hydroxylation sites is 1. The average molecular weight is 481 g/mol. The van der Waals surface area contributed by atoms with Crippen LogP contribution in [0.1, 0.15) is 23.3 Å². The number of nitrogens with two attached hydrogens (primary N) is 1. The summed E-state index contributed by atoms with van der Waals surface area (Å²) in [4.78, 5) is 32.8. The number of benzene rings is 1. The van der Waals surface area contributed by atoms with Crippen molar-refractivity contribution in [2.75, 3.05) is 31.1 Å². The summed E-state index contributed by atoms with van der Waals surface area (Å²) < 4.78 is 17.9. The molecule has 0 spiro atoms. The lowest BCUT2D eigenvalue weighted by Crippen LogP contribution is -2.19. The maximum Gasteiger partial charge on any atom is 0.271 e. The van der Waals surface area contributed by atoms with Gasteiger partial charge in [-0.2, -0.15) is 0 Å². The highest BCUT2D eigenvalue weighted by molar-refractivity contribution is 7.70. The lowest BCUT2D eigenvalue weighted by Gasteiger charge is -2.16. The van der Waals surface area contributed by atoms with E-state index in [1.54, 1.807) is 31.5 Å². The molecule has 0 aliphatic heterocycles. The van der Waals surface area contributed by atoms with Crippen molar-refractivity contribution in [3.8, 4) is 17.1 Å². The van der Waals surface area contributed by atoms with E-state index >= 15 is 0 Å². The third-order valence-corrected chi connectivity index (χ3v) is 6.69. The smallest absolute Gasteiger partial charge is 0.271 e. The van der Waals surface area contributed by atoms with E-state index in [9.17, 15) is 14.2 Å². The Morgan fingerprint density at radius 1 is 1.12 bits per heavy atom. The van der Waals surface area contributed by atoms with Crippen molar-refractivity contribution in [1.82, 2.24) is 20.2 Å². The van der Waals surface area contributed by atoms with Crippen LogP contribution < -0.4 is 26.4 Å². The van der Waals surface area contributed by atoms with Gasteiger partial charge in [0.05, 0.1) is 24.0 Å². The molecular weight excluding hydrogens is 457 g/mol. The molecule has 1 aromatic carbocycles. The number of carbonyl (C=O) groups excluding carboxylic acids is 2. The normalized spacial score (nSPS) is 13.3. The number of primary amides is 1. The molecule has 1 aliphatic rings. The third kappa shape index (κ3) is 5.04. The quantitative estimate of drug-likeness (QED) is 0.410.